The summed E-state index contributed by atoms with van der Waals surface area (Å²) in [6.45, 7) is 4.27. The second-order valence-corrected chi connectivity index (χ2v) is 7.79. The van der Waals surface area contributed by atoms with Gasteiger partial charge in [0.15, 0.2) is 0 Å². The number of benzene rings is 1. The molecule has 174 valence electrons. The fraction of sp³-hybridized carbons (Fsp3) is 0.476. The van der Waals surface area contributed by atoms with E-state index in [4.69, 9.17) is 4.74 Å². The average Bonchev–Trinajstić information content (AvgIpc) is 3.05. The summed E-state index contributed by atoms with van der Waals surface area (Å²) >= 11 is 0. The molecule has 0 saturated carbocycles. The summed E-state index contributed by atoms with van der Waals surface area (Å²) in [5.41, 5.74) is 0.991. The smallest absolute Gasteiger partial charge is 0.406 e. The van der Waals surface area contributed by atoms with Crippen molar-refractivity contribution in [2.24, 2.45) is 7.05 Å². The van der Waals surface area contributed by atoms with Crippen molar-refractivity contribution in [1.82, 2.24) is 19.6 Å². The van der Waals surface area contributed by atoms with Gasteiger partial charge in [-0.15, -0.1) is 13.2 Å². The molecule has 32 heavy (non-hydrogen) atoms. The summed E-state index contributed by atoms with van der Waals surface area (Å²) in [7, 11) is 1.65. The maximum Gasteiger partial charge on any atom is 0.573 e. The third-order valence-corrected chi connectivity index (χ3v) is 5.06. The highest BCUT2D eigenvalue weighted by molar-refractivity contribution is 5.95. The van der Waals surface area contributed by atoms with E-state index in [1.54, 1.807) is 18.0 Å². The molecule has 1 atom stereocenters. The van der Waals surface area contributed by atoms with Crippen LogP contribution < -0.4 is 4.74 Å². The van der Waals surface area contributed by atoms with Gasteiger partial charge in [0, 0.05) is 32.4 Å². The number of hydrogen-bond donors (Lipinski definition) is 0. The van der Waals surface area contributed by atoms with Gasteiger partial charge in [0.1, 0.15) is 18.0 Å². The number of hydrogen-bond acceptors (Lipinski definition) is 5. The fourth-order valence-electron chi connectivity index (χ4n) is 3.45. The molecule has 1 aliphatic rings. The Hall–Kier alpha value is -3.08. The van der Waals surface area contributed by atoms with E-state index in [1.165, 1.54) is 40.0 Å². The van der Waals surface area contributed by atoms with E-state index >= 15 is 0 Å². The molecule has 2 heterocycles. The van der Waals surface area contributed by atoms with E-state index < -0.39 is 12.5 Å². The molecule has 1 aromatic heterocycles. The number of amides is 2. The number of rotatable bonds is 6. The van der Waals surface area contributed by atoms with Gasteiger partial charge in [0.05, 0.1) is 12.7 Å². The molecular formula is C21H25F3N4O4. The molecule has 1 aromatic carbocycles. The third kappa shape index (κ3) is 6.00. The van der Waals surface area contributed by atoms with Gasteiger partial charge in [0.25, 0.3) is 5.91 Å². The van der Waals surface area contributed by atoms with E-state index in [2.05, 4.69) is 9.84 Å². The number of carbonyl (C=O) groups excluding carboxylic acids is 2. The zero-order valence-electron chi connectivity index (χ0n) is 18.0. The standard InChI is InChI=1S/C21H25F3N4O4/c1-14(2)28-11-17(31-13-15-4-6-16(7-5-15)32-21(22,23)24)10-27(12-19(28)29)20(30)18-8-9-25-26(18)3/h4-9,14,17H,10-13H2,1-3H3. The number of halogens is 3. The van der Waals surface area contributed by atoms with Crippen LogP contribution in [0.3, 0.4) is 0 Å². The summed E-state index contributed by atoms with van der Waals surface area (Å²) in [6, 6.07) is 6.86. The van der Waals surface area contributed by atoms with Gasteiger partial charge >= 0.3 is 6.36 Å². The Labute approximate surface area is 183 Å². The SMILES string of the molecule is CC(C)N1CC(OCc2ccc(OC(F)(F)F)cc2)CN(C(=O)c2ccnn2C)CC1=O. The van der Waals surface area contributed by atoms with Crippen molar-refractivity contribution in [1.29, 1.82) is 0 Å². The fourth-order valence-corrected chi connectivity index (χ4v) is 3.45. The number of ether oxygens (including phenoxy) is 2. The van der Waals surface area contributed by atoms with Gasteiger partial charge in [-0.05, 0) is 37.6 Å². The second kappa shape index (κ2) is 9.60. The van der Waals surface area contributed by atoms with Crippen molar-refractivity contribution in [2.75, 3.05) is 19.6 Å². The second-order valence-electron chi connectivity index (χ2n) is 7.79. The van der Waals surface area contributed by atoms with Crippen LogP contribution in [-0.2, 0) is 23.2 Å². The lowest BCUT2D eigenvalue weighted by molar-refractivity contribution is -0.274. The molecule has 1 unspecified atom stereocenters. The predicted molar refractivity (Wildman–Crippen MR) is 108 cm³/mol. The van der Waals surface area contributed by atoms with Crippen LogP contribution in [0.15, 0.2) is 36.5 Å². The maximum atomic E-state index is 13.0. The molecule has 1 fully saturated rings. The van der Waals surface area contributed by atoms with Crippen molar-refractivity contribution in [3.05, 3.63) is 47.8 Å². The molecule has 1 aliphatic heterocycles. The molecule has 0 spiro atoms. The van der Waals surface area contributed by atoms with Gasteiger partial charge in [-0.2, -0.15) is 5.10 Å². The highest BCUT2D eigenvalue weighted by Gasteiger charge is 2.33. The zero-order chi connectivity index (χ0) is 23.5. The summed E-state index contributed by atoms with van der Waals surface area (Å²) in [5, 5.41) is 4.00. The minimum atomic E-state index is -4.75. The first-order valence-corrected chi connectivity index (χ1v) is 10.1. The number of nitrogens with zero attached hydrogens (tertiary/aromatic N) is 4. The highest BCUT2D eigenvalue weighted by atomic mass is 19.4. The van der Waals surface area contributed by atoms with Crippen LogP contribution in [0.25, 0.3) is 0 Å². The van der Waals surface area contributed by atoms with E-state index in [0.29, 0.717) is 17.8 Å². The van der Waals surface area contributed by atoms with Gasteiger partial charge < -0.3 is 19.3 Å². The summed E-state index contributed by atoms with van der Waals surface area (Å²) in [6.07, 6.45) is -3.73. The number of aromatic nitrogens is 2. The monoisotopic (exact) mass is 454 g/mol. The number of carbonyl (C=O) groups is 2. The quantitative estimate of drug-likeness (QED) is 0.671. The Kier molecular flexibility index (Phi) is 7.07. The minimum Gasteiger partial charge on any atom is -0.406 e. The van der Waals surface area contributed by atoms with Crippen molar-refractivity contribution >= 4 is 11.8 Å². The van der Waals surface area contributed by atoms with Crippen LogP contribution in [0.2, 0.25) is 0 Å². The van der Waals surface area contributed by atoms with Gasteiger partial charge in [0.2, 0.25) is 5.91 Å². The molecule has 3 rings (SSSR count). The summed E-state index contributed by atoms with van der Waals surface area (Å²) in [5.74, 6) is -0.832. The average molecular weight is 454 g/mol. The van der Waals surface area contributed by atoms with Crippen LogP contribution in [0.1, 0.15) is 29.9 Å². The Morgan fingerprint density at radius 3 is 2.44 bits per heavy atom. The molecule has 8 nitrogen and oxygen atoms in total. The van der Waals surface area contributed by atoms with E-state index in [0.717, 1.165) is 0 Å². The first kappa shape index (κ1) is 23.6. The Morgan fingerprint density at radius 1 is 1.19 bits per heavy atom. The normalized spacial score (nSPS) is 17.6. The van der Waals surface area contributed by atoms with Crippen LogP contribution in [-0.4, -0.2) is 69.5 Å². The summed E-state index contributed by atoms with van der Waals surface area (Å²) < 4.78 is 48.2. The van der Waals surface area contributed by atoms with Crippen LogP contribution in [0.4, 0.5) is 13.2 Å². The minimum absolute atomic E-state index is 0.0778. The molecule has 2 aromatic rings. The van der Waals surface area contributed by atoms with Gasteiger partial charge in [-0.3, -0.25) is 14.3 Å². The van der Waals surface area contributed by atoms with Crippen LogP contribution >= 0.6 is 0 Å². The lowest BCUT2D eigenvalue weighted by Crippen LogP contribution is -2.42. The first-order chi connectivity index (χ1) is 15.0. The molecular weight excluding hydrogens is 429 g/mol. The van der Waals surface area contributed by atoms with Gasteiger partial charge in [-0.1, -0.05) is 12.1 Å². The molecule has 0 aliphatic carbocycles. The largest absolute Gasteiger partial charge is 0.573 e. The predicted octanol–water partition coefficient (Wildman–Crippen LogP) is 2.60. The van der Waals surface area contributed by atoms with Crippen molar-refractivity contribution in [3.8, 4) is 5.75 Å². The Balaban J connectivity index is 1.71. The Bertz CT molecular complexity index is 943. The molecule has 1 saturated heterocycles. The van der Waals surface area contributed by atoms with Crippen molar-refractivity contribution in [2.45, 2.75) is 39.0 Å². The molecule has 2 amide bonds. The zero-order valence-corrected chi connectivity index (χ0v) is 18.0. The third-order valence-electron chi connectivity index (χ3n) is 5.06. The molecule has 11 heteroatoms. The number of aryl methyl sites for hydroxylation is 1. The summed E-state index contributed by atoms with van der Waals surface area (Å²) in [4.78, 5) is 28.8. The van der Waals surface area contributed by atoms with E-state index in [9.17, 15) is 22.8 Å². The van der Waals surface area contributed by atoms with Crippen LogP contribution in [0, 0.1) is 0 Å². The van der Waals surface area contributed by atoms with Gasteiger partial charge in [-0.25, -0.2) is 0 Å². The lowest BCUT2D eigenvalue weighted by Gasteiger charge is -2.27. The topological polar surface area (TPSA) is 76.9 Å². The van der Waals surface area contributed by atoms with E-state index in [-0.39, 0.29) is 43.3 Å². The van der Waals surface area contributed by atoms with Crippen molar-refractivity contribution < 1.29 is 32.2 Å². The van der Waals surface area contributed by atoms with E-state index in [1.807, 2.05) is 13.8 Å². The maximum absolute atomic E-state index is 13.0. The molecule has 0 bridgehead atoms. The highest BCUT2D eigenvalue weighted by Crippen LogP contribution is 2.23. The lowest BCUT2D eigenvalue weighted by atomic mass is 10.2. The molecule has 0 N–H and O–H groups in total. The van der Waals surface area contributed by atoms with Crippen LogP contribution in [0.5, 0.6) is 5.75 Å². The first-order valence-electron chi connectivity index (χ1n) is 10.1. The van der Waals surface area contributed by atoms with Crippen molar-refractivity contribution in [3.63, 3.8) is 0 Å². The molecule has 0 radical (unpaired) electrons. The Morgan fingerprint density at radius 2 is 1.88 bits per heavy atom. The number of alkyl halides is 3.